The Hall–Kier alpha value is -3.13. The first kappa shape index (κ1) is 114. The number of rotatable bonds is 24. The van der Waals surface area contributed by atoms with E-state index >= 15 is 0 Å². The number of halogens is 22. The van der Waals surface area contributed by atoms with Crippen LogP contribution in [0.4, 0.5) is 43.9 Å². The number of esters is 5. The Balaban J connectivity index is 0.000000319. The van der Waals surface area contributed by atoms with Crippen LogP contribution < -0.4 is 73.1 Å². The Morgan fingerprint density at radius 1 is 0.440 bits per heavy atom. The Morgan fingerprint density at radius 2 is 0.768 bits per heavy atom. The fourth-order valence-corrected chi connectivity index (χ4v) is 21.9. The van der Waals surface area contributed by atoms with E-state index in [0.717, 1.165) is 22.7 Å². The fourth-order valence-electron chi connectivity index (χ4n) is 8.83. The molecule has 0 radical (unpaired) electrons. The summed E-state index contributed by atoms with van der Waals surface area (Å²) in [5.41, 5.74) is 2.78. The molecule has 9 aromatic carbocycles. The second-order valence-corrected chi connectivity index (χ2v) is 50.5. The number of hydrogen-bond donors (Lipinski definition) is 0. The molecule has 0 aromatic heterocycles. The van der Waals surface area contributed by atoms with Gasteiger partial charge in [-0.2, -0.15) is 39.5 Å². The van der Waals surface area contributed by atoms with Crippen molar-refractivity contribution >= 4 is 230 Å². The van der Waals surface area contributed by atoms with Gasteiger partial charge in [-0.1, -0.05) is 226 Å². The topological polar surface area (TPSA) is 303 Å². The van der Waals surface area contributed by atoms with E-state index in [4.69, 9.17) is 9.47 Å². The summed E-state index contributed by atoms with van der Waals surface area (Å²) in [4.78, 5) is 58.8. The third-order valence-electron chi connectivity index (χ3n) is 14.9. The lowest BCUT2D eigenvalue weighted by Gasteiger charge is -2.23. The summed E-state index contributed by atoms with van der Waals surface area (Å²) in [5.74, 6) is -12.1. The first-order valence-electron chi connectivity index (χ1n) is 35.0. The molecule has 0 aliphatic rings. The number of ether oxygens (including phenoxy) is 5. The molecule has 9 aromatic rings. The predicted octanol–water partition coefficient (Wildman–Crippen LogP) is 12.3. The number of alkyl halides is 13. The Kier molecular flexibility index (Phi) is 48.0. The molecule has 6 unspecified atom stereocenters. The summed E-state index contributed by atoms with van der Waals surface area (Å²) in [6, 6.07) is 67.3. The van der Waals surface area contributed by atoms with Crippen LogP contribution in [0.25, 0.3) is 0 Å². The van der Waals surface area contributed by atoms with Crippen LogP contribution in [0, 0.1) is 34.4 Å². The highest BCUT2D eigenvalue weighted by Crippen LogP contribution is 2.38. The summed E-state index contributed by atoms with van der Waals surface area (Å²) < 4.78 is 254. The maximum absolute atomic E-state index is 12.9. The normalized spacial score (nSPS) is 13.2. The van der Waals surface area contributed by atoms with Crippen LogP contribution >= 0.6 is 170 Å². The predicted molar refractivity (Wildman–Crippen MR) is 484 cm³/mol. The first-order chi connectivity index (χ1) is 57.6. The zero-order valence-corrected chi connectivity index (χ0v) is 90.8. The van der Waals surface area contributed by atoms with Gasteiger partial charge in [0, 0.05) is 13.4 Å². The molecule has 0 heterocycles. The molecule has 19 nitrogen and oxygen atoms in total. The summed E-state index contributed by atoms with van der Waals surface area (Å²) in [6.07, 6.45) is -25.0. The minimum Gasteiger partial charge on any atom is -0.748 e. The molecule has 0 aliphatic carbocycles. The number of carbonyl (C=O) groups is 5. The summed E-state index contributed by atoms with van der Waals surface area (Å²) in [6.45, 7) is 15.1. The van der Waals surface area contributed by atoms with Crippen LogP contribution in [0.3, 0.4) is 0 Å². The number of benzene rings is 9. The van der Waals surface area contributed by atoms with Gasteiger partial charge in [0.1, 0.15) is 24.1 Å². The van der Waals surface area contributed by atoms with Crippen molar-refractivity contribution < 1.29 is 194 Å². The van der Waals surface area contributed by atoms with Crippen LogP contribution in [0.2, 0.25) is 0 Å². The smallest absolute Gasteiger partial charge is 0.426 e. The van der Waals surface area contributed by atoms with Gasteiger partial charge in [-0.15, -0.1) is 0 Å². The Labute approximate surface area is 843 Å². The van der Waals surface area contributed by atoms with Crippen LogP contribution in [-0.2, 0) is 69.8 Å². The third-order valence-corrected chi connectivity index (χ3v) is 32.2. The maximum Gasteiger partial charge on any atom is 0.426 e. The van der Waals surface area contributed by atoms with Crippen molar-refractivity contribution in [3.8, 4) is 11.5 Å². The van der Waals surface area contributed by atoms with E-state index < -0.39 is 138 Å². The van der Waals surface area contributed by atoms with Gasteiger partial charge in [0.25, 0.3) is 0 Å². The highest BCUT2D eigenvalue weighted by atomic mass is 127. The Bertz CT molecular complexity index is 5230. The van der Waals surface area contributed by atoms with Gasteiger partial charge in [0.15, 0.2) is 32.9 Å². The Morgan fingerprint density at radius 3 is 1.11 bits per heavy atom. The molecule has 0 saturated carbocycles. The van der Waals surface area contributed by atoms with Gasteiger partial charge < -0.3 is 37.3 Å². The molecule has 6 atom stereocenters. The monoisotopic (exact) mass is 2920 g/mol. The molecular formula is C81H70Br5F10I7O19S3. The van der Waals surface area contributed by atoms with Gasteiger partial charge in [-0.3, -0.25) is 14.4 Å². The van der Waals surface area contributed by atoms with E-state index in [0.29, 0.717) is 9.13 Å². The maximum atomic E-state index is 12.9. The molecule has 0 N–H and O–H groups in total. The van der Waals surface area contributed by atoms with Crippen LogP contribution in [-0.4, -0.2) is 137 Å². The lowest BCUT2D eigenvalue weighted by molar-refractivity contribution is -0.597. The zero-order chi connectivity index (χ0) is 94.6. The van der Waals surface area contributed by atoms with E-state index in [1.807, 2.05) is 30.3 Å². The van der Waals surface area contributed by atoms with E-state index in [-0.39, 0.29) is 110 Å². The molecule has 0 spiro atoms. The lowest BCUT2D eigenvalue weighted by atomic mass is 9.87. The van der Waals surface area contributed by atoms with E-state index in [1.54, 1.807) is 109 Å². The van der Waals surface area contributed by atoms with Crippen molar-refractivity contribution in [3.63, 3.8) is 0 Å². The zero-order valence-electron chi connectivity index (χ0n) is 65.3. The van der Waals surface area contributed by atoms with Crippen molar-refractivity contribution in [1.82, 2.24) is 0 Å². The van der Waals surface area contributed by atoms with Gasteiger partial charge in [-0.05, 0) is 233 Å². The molecule has 0 bridgehead atoms. The largest absolute Gasteiger partial charge is 0.748 e. The minimum atomic E-state index is -5.33. The SMILES string of the molecule is Brc1ccc([I+]c2ccccc2)cc1.CC(C)(C)c1ccc([I+]c2ccc(C(C)(C)C)cc2)cc1.CC(I)C(=O)Oc1c(I)cc(I)cc1C(=O)OC(CS(=O)(=O)[O-])C(F)(F)F.Fc1ccc([I+]c2ccccc2)cc1.O=C(OC(CS(=O)(=O)[O-])C(F)(F)F)C(I)c1ccccc1.O=C(OC(CS(=O)(=O)[O-])C(F)(F)F)c1cc(Br)c(OC(=O)C(Br)CBr)c(Br)c1. The summed E-state index contributed by atoms with van der Waals surface area (Å²) >= 11 is 22.1. The van der Waals surface area contributed by atoms with Crippen LogP contribution in [0.15, 0.2) is 226 Å². The molecular weight excluding hydrogens is 2850 g/mol. The minimum absolute atomic E-state index is 0.00492. The molecule has 125 heavy (non-hydrogen) atoms. The van der Waals surface area contributed by atoms with Crippen molar-refractivity contribution in [2.24, 2.45) is 0 Å². The standard InChI is InChI=1S/C20H26I.C13H9Br4F3O7S.C13H10F3I3O7S.C12H9BrI.C12H9FI.C11H10F3IO5S/c1-19(2,3)15-7-11-17(12-8-15)21-18-13-9-16(10-14-18)20(4,5)6;14-3-8(17)12(22)27-10-6(15)1-5(2-7(10)16)11(21)26-9(13(18,19)20)4-28(23,24)25;1-5(17)11(20)26-10-7(2-6(18)3-8(10)19)12(21)25-9(13(14,15)16)4-27(22,23)24;2*13-10-6-8-12(9-7-10)14-11-4-2-1-3-5-11;12-11(13,14)8(6-21(17,18)19)20-10(16)9(15)7-4-2-1-3-5-7/h7-14H,1-6H3;1-2,8-9H,3-4H2,(H,23,24,25);2-3,5,9H,4H2,1H3,(H,22,23,24);2*1-9H;1-5,8-9H,6H2,(H,17,18,19)/q+1;;;2*+1;/p-3. The molecule has 9 rings (SSSR count). The average molecular weight is 2920 g/mol. The molecule has 0 amide bonds. The van der Waals surface area contributed by atoms with Crippen LogP contribution in [0.5, 0.6) is 11.5 Å². The van der Waals surface area contributed by atoms with Gasteiger partial charge in [0.05, 0.1) is 65.7 Å². The second-order valence-electron chi connectivity index (χ2n) is 27.2. The van der Waals surface area contributed by atoms with E-state index in [2.05, 4.69) is 251 Å². The van der Waals surface area contributed by atoms with E-state index in [1.165, 1.54) is 69.8 Å². The van der Waals surface area contributed by atoms with Crippen molar-refractivity contribution in [3.05, 3.63) is 288 Å². The van der Waals surface area contributed by atoms with Gasteiger partial charge >= 0.3 is 112 Å². The third kappa shape index (κ3) is 44.5. The highest BCUT2D eigenvalue weighted by Gasteiger charge is 2.47. The number of carbonyl (C=O) groups excluding carboxylic acids is 5. The van der Waals surface area contributed by atoms with Crippen LogP contribution in [0.1, 0.15) is 89.8 Å². The summed E-state index contributed by atoms with van der Waals surface area (Å²) in [7, 11) is -15.8. The quantitative estimate of drug-likeness (QED) is 0.0103. The van der Waals surface area contributed by atoms with Gasteiger partial charge in [0.2, 0.25) is 18.3 Å². The van der Waals surface area contributed by atoms with Crippen molar-refractivity contribution in [1.29, 1.82) is 0 Å². The van der Waals surface area contributed by atoms with E-state index in [9.17, 15) is 107 Å². The van der Waals surface area contributed by atoms with Crippen molar-refractivity contribution in [2.45, 2.75) is 109 Å². The second kappa shape index (κ2) is 52.5. The highest BCUT2D eigenvalue weighted by molar-refractivity contribution is 14.1. The van der Waals surface area contributed by atoms with Gasteiger partial charge in [-0.25, -0.2) is 39.2 Å². The molecule has 44 heteroatoms. The first-order valence-corrected chi connectivity index (χ1v) is 55.2. The molecule has 0 aliphatic heterocycles. The summed E-state index contributed by atoms with van der Waals surface area (Å²) in [5, 5.41) is 0.243. The molecule has 680 valence electrons. The fraction of sp³-hybridized carbons (Fsp3) is 0.272. The van der Waals surface area contributed by atoms with Crippen molar-refractivity contribution in [2.75, 3.05) is 22.6 Å². The molecule has 0 saturated heterocycles. The lowest BCUT2D eigenvalue weighted by Crippen LogP contribution is -3.61. The number of hydrogen-bond acceptors (Lipinski definition) is 19. The average Bonchev–Trinajstić information content (AvgIpc) is 0.789. The molecule has 0 fully saturated rings.